The molecule has 12 heteroatoms. The van der Waals surface area contributed by atoms with Gasteiger partial charge in [-0.15, -0.1) is 0 Å². The molecule has 10 nitrogen and oxygen atoms in total. The number of hydrogen-bond donors (Lipinski definition) is 3. The zero-order valence-electron chi connectivity index (χ0n) is 24.1. The van der Waals surface area contributed by atoms with Crippen molar-refractivity contribution in [2.24, 2.45) is 0 Å². The first kappa shape index (κ1) is 31.4. The van der Waals surface area contributed by atoms with Gasteiger partial charge >= 0.3 is 6.03 Å². The Kier molecular flexibility index (Phi) is 10.3. The number of benzene rings is 3. The van der Waals surface area contributed by atoms with Crippen molar-refractivity contribution in [1.29, 1.82) is 0 Å². The molecule has 0 unspecified atom stereocenters. The first-order chi connectivity index (χ1) is 20.6. The van der Waals surface area contributed by atoms with E-state index in [4.69, 9.17) is 32.7 Å². The molecule has 0 fully saturated rings. The van der Waals surface area contributed by atoms with E-state index in [0.717, 1.165) is 11.1 Å². The number of ketones is 1. The topological polar surface area (TPSA) is 122 Å². The average Bonchev–Trinajstić information content (AvgIpc) is 2.98. The van der Waals surface area contributed by atoms with Crippen molar-refractivity contribution in [3.05, 3.63) is 87.5 Å². The molecule has 0 aliphatic rings. The lowest BCUT2D eigenvalue weighted by Crippen LogP contribution is -2.35. The standard InChI is InChI=1S/C31H31Cl2N5O5/c1-18-13-27(42-4)22-9-6-10-26(29(22)36-18)43-17-23-24(32)11-12-25(28(23)33)34-15-21(39)16-35-31(41)37-20-8-5-7-19(14-20)30(40)38(2)3/h5-14,34H,15-17H2,1-4H3,(H2,35,37,41). The number of anilines is 2. The summed E-state index contributed by atoms with van der Waals surface area (Å²) in [4.78, 5) is 43.0. The molecule has 224 valence electrons. The number of Topliss-reactive ketones (excluding diaryl/α,β-unsaturated/α-hetero) is 1. The summed E-state index contributed by atoms with van der Waals surface area (Å²) in [6.07, 6.45) is 0. The monoisotopic (exact) mass is 623 g/mol. The lowest BCUT2D eigenvalue weighted by Gasteiger charge is -2.15. The number of urea groups is 1. The lowest BCUT2D eigenvalue weighted by atomic mass is 10.1. The molecule has 0 radical (unpaired) electrons. The van der Waals surface area contributed by atoms with Crippen LogP contribution in [0.15, 0.2) is 60.7 Å². The number of para-hydroxylation sites is 1. The number of rotatable bonds is 11. The quantitative estimate of drug-likeness (QED) is 0.189. The summed E-state index contributed by atoms with van der Waals surface area (Å²) in [5.74, 6) is 0.752. The van der Waals surface area contributed by atoms with Crippen molar-refractivity contribution < 1.29 is 23.9 Å². The summed E-state index contributed by atoms with van der Waals surface area (Å²) in [6, 6.07) is 16.7. The Morgan fingerprint density at radius 2 is 1.72 bits per heavy atom. The van der Waals surface area contributed by atoms with Gasteiger partial charge in [0.1, 0.15) is 23.6 Å². The maximum Gasteiger partial charge on any atom is 0.319 e. The van der Waals surface area contributed by atoms with Crippen LogP contribution in [0.5, 0.6) is 11.5 Å². The van der Waals surface area contributed by atoms with E-state index < -0.39 is 6.03 Å². The number of nitrogens with one attached hydrogen (secondary N) is 3. The van der Waals surface area contributed by atoms with Gasteiger partial charge in [0, 0.05) is 53.1 Å². The summed E-state index contributed by atoms with van der Waals surface area (Å²) in [5.41, 5.74) is 3.30. The number of carbonyl (C=O) groups excluding carboxylic acids is 3. The number of aryl methyl sites for hydroxylation is 1. The zero-order valence-corrected chi connectivity index (χ0v) is 25.6. The third-order valence-corrected chi connectivity index (χ3v) is 7.15. The highest BCUT2D eigenvalue weighted by atomic mass is 35.5. The van der Waals surface area contributed by atoms with Crippen LogP contribution in [-0.2, 0) is 11.4 Å². The normalized spacial score (nSPS) is 10.7. The largest absolute Gasteiger partial charge is 0.496 e. The Balaban J connectivity index is 1.34. The molecule has 4 rings (SSSR count). The Labute approximate surface area is 259 Å². The van der Waals surface area contributed by atoms with Gasteiger partial charge < -0.3 is 30.3 Å². The van der Waals surface area contributed by atoms with E-state index in [9.17, 15) is 14.4 Å². The number of amides is 3. The minimum Gasteiger partial charge on any atom is -0.496 e. The molecule has 3 N–H and O–H groups in total. The number of carbonyl (C=O) groups is 3. The minimum absolute atomic E-state index is 0.0568. The van der Waals surface area contributed by atoms with Gasteiger partial charge in [0.2, 0.25) is 0 Å². The van der Waals surface area contributed by atoms with Gasteiger partial charge in [0.05, 0.1) is 30.9 Å². The molecule has 0 atom stereocenters. The van der Waals surface area contributed by atoms with Gasteiger partial charge in [-0.05, 0) is 49.4 Å². The number of aromatic nitrogens is 1. The second kappa shape index (κ2) is 14.1. The SMILES string of the molecule is COc1cc(C)nc2c(OCc3c(Cl)ccc(NCC(=O)CNC(=O)Nc4cccc(C(=O)N(C)C)c4)c3Cl)cccc12. The van der Waals surface area contributed by atoms with Crippen molar-refractivity contribution >= 4 is 63.2 Å². The van der Waals surface area contributed by atoms with Crippen LogP contribution in [0.3, 0.4) is 0 Å². The first-order valence-corrected chi connectivity index (χ1v) is 14.0. The first-order valence-electron chi connectivity index (χ1n) is 13.2. The van der Waals surface area contributed by atoms with Crippen molar-refractivity contribution in [3.8, 4) is 11.5 Å². The molecular formula is C31H31Cl2N5O5. The highest BCUT2D eigenvalue weighted by Crippen LogP contribution is 2.35. The molecule has 3 aromatic carbocycles. The fourth-order valence-electron chi connectivity index (χ4n) is 4.21. The van der Waals surface area contributed by atoms with Gasteiger partial charge in [0.25, 0.3) is 5.91 Å². The van der Waals surface area contributed by atoms with Gasteiger partial charge in [-0.3, -0.25) is 9.59 Å². The maximum absolute atomic E-state index is 12.5. The number of hydrogen-bond acceptors (Lipinski definition) is 7. The smallest absolute Gasteiger partial charge is 0.319 e. The summed E-state index contributed by atoms with van der Waals surface area (Å²) in [6.45, 7) is 1.61. The lowest BCUT2D eigenvalue weighted by molar-refractivity contribution is -0.116. The molecule has 0 saturated carbocycles. The number of ether oxygens (including phenoxy) is 2. The van der Waals surface area contributed by atoms with E-state index in [2.05, 4.69) is 20.9 Å². The van der Waals surface area contributed by atoms with Gasteiger partial charge in [-0.2, -0.15) is 0 Å². The molecule has 0 saturated heterocycles. The summed E-state index contributed by atoms with van der Waals surface area (Å²) < 4.78 is 11.6. The third-order valence-electron chi connectivity index (χ3n) is 6.37. The van der Waals surface area contributed by atoms with Crippen LogP contribution in [0.25, 0.3) is 10.9 Å². The van der Waals surface area contributed by atoms with E-state index in [1.165, 1.54) is 4.90 Å². The van der Waals surface area contributed by atoms with Crippen molar-refractivity contribution in [2.45, 2.75) is 13.5 Å². The molecule has 43 heavy (non-hydrogen) atoms. The highest BCUT2D eigenvalue weighted by molar-refractivity contribution is 6.37. The van der Waals surface area contributed by atoms with Crippen LogP contribution >= 0.6 is 23.2 Å². The van der Waals surface area contributed by atoms with Crippen LogP contribution < -0.4 is 25.4 Å². The summed E-state index contributed by atoms with van der Waals surface area (Å²) >= 11 is 13.1. The second-order valence-corrected chi connectivity index (χ2v) is 10.6. The fraction of sp³-hybridized carbons (Fsp3) is 0.226. The van der Waals surface area contributed by atoms with Crippen molar-refractivity contribution in [2.75, 3.05) is 44.9 Å². The van der Waals surface area contributed by atoms with Gasteiger partial charge in [-0.25, -0.2) is 9.78 Å². The van der Waals surface area contributed by atoms with E-state index in [-0.39, 0.29) is 31.4 Å². The molecule has 0 aliphatic carbocycles. The average molecular weight is 625 g/mol. The number of halogens is 2. The Hall–Kier alpha value is -4.54. The van der Waals surface area contributed by atoms with E-state index in [1.54, 1.807) is 63.7 Å². The molecule has 0 aliphatic heterocycles. The molecule has 3 amide bonds. The Morgan fingerprint density at radius 3 is 2.47 bits per heavy atom. The Morgan fingerprint density at radius 1 is 0.953 bits per heavy atom. The Bertz CT molecular complexity index is 1680. The van der Waals surface area contributed by atoms with Gasteiger partial charge in [0.15, 0.2) is 5.78 Å². The predicted molar refractivity (Wildman–Crippen MR) is 169 cm³/mol. The summed E-state index contributed by atoms with van der Waals surface area (Å²) in [7, 11) is 4.89. The van der Waals surface area contributed by atoms with Crippen LogP contribution in [0, 0.1) is 6.92 Å². The molecule has 1 heterocycles. The number of pyridine rings is 1. The summed E-state index contributed by atoms with van der Waals surface area (Å²) in [5, 5.41) is 9.65. The second-order valence-electron chi connectivity index (χ2n) is 9.77. The van der Waals surface area contributed by atoms with Crippen LogP contribution in [-0.4, -0.2) is 61.9 Å². The molecule has 0 bridgehead atoms. The molecular weight excluding hydrogens is 593 g/mol. The van der Waals surface area contributed by atoms with Crippen molar-refractivity contribution in [3.63, 3.8) is 0 Å². The number of nitrogens with zero attached hydrogens (tertiary/aromatic N) is 2. The molecule has 4 aromatic rings. The zero-order chi connectivity index (χ0) is 31.1. The fourth-order valence-corrected chi connectivity index (χ4v) is 4.76. The van der Waals surface area contributed by atoms with E-state index in [0.29, 0.717) is 49.6 Å². The van der Waals surface area contributed by atoms with Crippen LogP contribution in [0.1, 0.15) is 21.6 Å². The van der Waals surface area contributed by atoms with Crippen LogP contribution in [0.2, 0.25) is 10.0 Å². The van der Waals surface area contributed by atoms with E-state index >= 15 is 0 Å². The highest BCUT2D eigenvalue weighted by Gasteiger charge is 2.16. The third kappa shape index (κ3) is 7.85. The number of methoxy groups -OCH3 is 1. The molecule has 0 spiro atoms. The predicted octanol–water partition coefficient (Wildman–Crippen LogP) is 5.94. The number of fused-ring (bicyclic) bond motifs is 1. The van der Waals surface area contributed by atoms with E-state index in [1.807, 2.05) is 25.1 Å². The van der Waals surface area contributed by atoms with Gasteiger partial charge in [-0.1, -0.05) is 35.3 Å². The van der Waals surface area contributed by atoms with Crippen LogP contribution in [0.4, 0.5) is 16.2 Å². The minimum atomic E-state index is -0.581. The van der Waals surface area contributed by atoms with Crippen molar-refractivity contribution in [1.82, 2.24) is 15.2 Å². The molecule has 1 aromatic heterocycles. The maximum atomic E-state index is 12.5.